The molecule has 0 amide bonds. The molecule has 0 aliphatic carbocycles. The highest BCUT2D eigenvalue weighted by atomic mass is 16.5. The van der Waals surface area contributed by atoms with Crippen molar-refractivity contribution in [3.8, 4) is 5.75 Å². The first kappa shape index (κ1) is 16.0. The van der Waals surface area contributed by atoms with Gasteiger partial charge in [-0.05, 0) is 19.1 Å². The summed E-state index contributed by atoms with van der Waals surface area (Å²) in [7, 11) is 0. The van der Waals surface area contributed by atoms with Crippen LogP contribution in [-0.2, 0) is 9.53 Å². The Bertz CT molecular complexity index is 447. The second-order valence-electron chi connectivity index (χ2n) is 3.95. The number of ether oxygens (including phenoxy) is 2. The van der Waals surface area contributed by atoms with Crippen molar-refractivity contribution in [2.75, 3.05) is 26.3 Å². The van der Waals surface area contributed by atoms with Crippen LogP contribution in [0.2, 0.25) is 0 Å². The lowest BCUT2D eigenvalue weighted by Crippen LogP contribution is -2.24. The lowest BCUT2D eigenvalue weighted by Gasteiger charge is -2.09. The van der Waals surface area contributed by atoms with Gasteiger partial charge < -0.3 is 19.9 Å². The average Bonchev–Trinajstić information content (AvgIpc) is 2.43. The fourth-order valence-corrected chi connectivity index (χ4v) is 1.55. The maximum absolute atomic E-state index is 11.1. The van der Waals surface area contributed by atoms with Crippen molar-refractivity contribution in [1.82, 2.24) is 5.32 Å². The molecule has 0 atom stereocenters. The second kappa shape index (κ2) is 8.92. The zero-order valence-corrected chi connectivity index (χ0v) is 11.4. The third-order valence-electron chi connectivity index (χ3n) is 2.47. The van der Waals surface area contributed by atoms with Gasteiger partial charge in [-0.15, -0.1) is 0 Å². The molecule has 1 rings (SSSR count). The molecule has 1 aromatic carbocycles. The molecule has 2 N–H and O–H groups in total. The van der Waals surface area contributed by atoms with Crippen LogP contribution in [0.25, 0.3) is 0 Å². The molecule has 0 unspecified atom stereocenters. The number of aromatic carboxylic acids is 1. The van der Waals surface area contributed by atoms with Crippen molar-refractivity contribution in [1.29, 1.82) is 0 Å². The van der Waals surface area contributed by atoms with Gasteiger partial charge in [0.2, 0.25) is 0 Å². The number of hydrogen-bond donors (Lipinski definition) is 2. The first-order valence-electron chi connectivity index (χ1n) is 6.46. The minimum atomic E-state index is -1.02. The highest BCUT2D eigenvalue weighted by Gasteiger charge is 2.09. The number of rotatable bonds is 9. The van der Waals surface area contributed by atoms with E-state index in [9.17, 15) is 9.59 Å². The minimum Gasteiger partial charge on any atom is -0.491 e. The molecule has 0 aliphatic rings. The van der Waals surface area contributed by atoms with Crippen LogP contribution in [0.5, 0.6) is 5.75 Å². The van der Waals surface area contributed by atoms with E-state index in [1.807, 2.05) is 0 Å². The van der Waals surface area contributed by atoms with E-state index in [1.165, 1.54) is 6.07 Å². The van der Waals surface area contributed by atoms with Crippen LogP contribution in [0, 0.1) is 0 Å². The molecule has 6 heteroatoms. The molecule has 0 saturated heterocycles. The highest BCUT2D eigenvalue weighted by molar-refractivity contribution is 5.90. The van der Waals surface area contributed by atoms with Gasteiger partial charge in [0.1, 0.15) is 17.9 Å². The maximum atomic E-state index is 11.1. The summed E-state index contributed by atoms with van der Waals surface area (Å²) in [4.78, 5) is 22.0. The Morgan fingerprint density at radius 2 is 2.00 bits per heavy atom. The number of hydrogen-bond acceptors (Lipinski definition) is 5. The van der Waals surface area contributed by atoms with Crippen molar-refractivity contribution in [3.63, 3.8) is 0 Å². The highest BCUT2D eigenvalue weighted by Crippen LogP contribution is 2.17. The summed E-state index contributed by atoms with van der Waals surface area (Å²) in [5.41, 5.74) is 0.138. The van der Waals surface area contributed by atoms with Gasteiger partial charge >= 0.3 is 11.9 Å². The zero-order chi connectivity index (χ0) is 14.8. The van der Waals surface area contributed by atoms with Crippen molar-refractivity contribution >= 4 is 11.9 Å². The number of carboxylic acids is 1. The van der Waals surface area contributed by atoms with Gasteiger partial charge in [-0.3, -0.25) is 4.79 Å². The van der Waals surface area contributed by atoms with Crippen LogP contribution in [0.1, 0.15) is 23.7 Å². The lowest BCUT2D eigenvalue weighted by molar-refractivity contribution is -0.142. The van der Waals surface area contributed by atoms with E-state index >= 15 is 0 Å². The predicted octanol–water partition coefficient (Wildman–Crippen LogP) is 1.31. The molecule has 0 heterocycles. The van der Waals surface area contributed by atoms with Gasteiger partial charge in [-0.1, -0.05) is 12.1 Å². The molecule has 0 fully saturated rings. The van der Waals surface area contributed by atoms with Gasteiger partial charge in [0.15, 0.2) is 0 Å². The molecule has 1 aromatic rings. The third kappa shape index (κ3) is 5.71. The molecule has 0 aromatic heterocycles. The van der Waals surface area contributed by atoms with Crippen LogP contribution in [0.3, 0.4) is 0 Å². The quantitative estimate of drug-likeness (QED) is 0.524. The number of esters is 1. The molecular formula is C14H19NO5. The number of para-hydroxylation sites is 1. The van der Waals surface area contributed by atoms with Gasteiger partial charge in [0, 0.05) is 13.1 Å². The Morgan fingerprint density at radius 3 is 2.70 bits per heavy atom. The summed E-state index contributed by atoms with van der Waals surface area (Å²) in [5.74, 6) is -0.916. The van der Waals surface area contributed by atoms with Crippen molar-refractivity contribution in [2.45, 2.75) is 13.3 Å². The fourth-order valence-electron chi connectivity index (χ4n) is 1.55. The van der Waals surface area contributed by atoms with E-state index in [0.29, 0.717) is 38.5 Å². The molecule has 6 nitrogen and oxygen atoms in total. The van der Waals surface area contributed by atoms with Crippen LogP contribution >= 0.6 is 0 Å². The van der Waals surface area contributed by atoms with Gasteiger partial charge in [-0.25, -0.2) is 4.79 Å². The van der Waals surface area contributed by atoms with Crippen molar-refractivity contribution in [2.24, 2.45) is 0 Å². The lowest BCUT2D eigenvalue weighted by atomic mass is 10.2. The van der Waals surface area contributed by atoms with Crippen LogP contribution in [-0.4, -0.2) is 43.3 Å². The molecule has 0 bridgehead atoms. The summed E-state index contributed by atoms with van der Waals surface area (Å²) in [6.07, 6.45) is 0.305. The van der Waals surface area contributed by atoms with E-state index in [4.69, 9.17) is 14.6 Å². The summed E-state index contributed by atoms with van der Waals surface area (Å²) in [6, 6.07) is 6.47. The molecule has 0 radical (unpaired) electrons. The Balaban J connectivity index is 2.22. The van der Waals surface area contributed by atoms with Crippen LogP contribution in [0.15, 0.2) is 24.3 Å². The Labute approximate surface area is 117 Å². The summed E-state index contributed by atoms with van der Waals surface area (Å²) < 4.78 is 10.2. The van der Waals surface area contributed by atoms with Crippen molar-refractivity contribution in [3.05, 3.63) is 29.8 Å². The number of carbonyl (C=O) groups excluding carboxylic acids is 1. The van der Waals surface area contributed by atoms with Gasteiger partial charge in [-0.2, -0.15) is 0 Å². The van der Waals surface area contributed by atoms with E-state index in [0.717, 1.165) is 0 Å². The summed E-state index contributed by atoms with van der Waals surface area (Å²) in [5, 5.41) is 12.0. The molecule has 110 valence electrons. The second-order valence-corrected chi connectivity index (χ2v) is 3.95. The van der Waals surface area contributed by atoms with E-state index in [2.05, 4.69) is 5.32 Å². The third-order valence-corrected chi connectivity index (χ3v) is 2.47. The number of carboxylic acid groups (broad SMARTS) is 1. The average molecular weight is 281 g/mol. The zero-order valence-electron chi connectivity index (χ0n) is 11.4. The monoisotopic (exact) mass is 281 g/mol. The molecule has 20 heavy (non-hydrogen) atoms. The van der Waals surface area contributed by atoms with E-state index in [1.54, 1.807) is 25.1 Å². The molecule has 0 spiro atoms. The van der Waals surface area contributed by atoms with Gasteiger partial charge in [0.05, 0.1) is 13.0 Å². The Morgan fingerprint density at radius 1 is 1.25 bits per heavy atom. The first-order chi connectivity index (χ1) is 9.65. The minimum absolute atomic E-state index is 0.138. The van der Waals surface area contributed by atoms with Crippen molar-refractivity contribution < 1.29 is 24.2 Å². The predicted molar refractivity (Wildman–Crippen MR) is 73.0 cm³/mol. The van der Waals surface area contributed by atoms with Crippen LogP contribution in [0.4, 0.5) is 0 Å². The first-order valence-corrected chi connectivity index (χ1v) is 6.46. The van der Waals surface area contributed by atoms with Crippen LogP contribution < -0.4 is 10.1 Å². The maximum Gasteiger partial charge on any atom is 0.339 e. The molecule has 0 aliphatic heterocycles. The number of benzene rings is 1. The summed E-state index contributed by atoms with van der Waals surface area (Å²) >= 11 is 0. The fraction of sp³-hybridized carbons (Fsp3) is 0.429. The normalized spacial score (nSPS) is 10.1. The summed E-state index contributed by atoms with van der Waals surface area (Å²) in [6.45, 7) is 3.50. The Kier molecular flexibility index (Phi) is 7.13. The molecular weight excluding hydrogens is 262 g/mol. The number of nitrogens with one attached hydrogen (secondary N) is 1. The van der Waals surface area contributed by atoms with E-state index < -0.39 is 5.97 Å². The van der Waals surface area contributed by atoms with E-state index in [-0.39, 0.29) is 11.5 Å². The number of carbonyl (C=O) groups is 2. The standard InChI is InChI=1S/C14H19NO5/c1-2-19-13(16)7-8-15-9-10-20-12-6-4-3-5-11(12)14(17)18/h3-6,15H,2,7-10H2,1H3,(H,17,18). The largest absolute Gasteiger partial charge is 0.491 e. The molecule has 0 saturated carbocycles. The smallest absolute Gasteiger partial charge is 0.339 e. The topological polar surface area (TPSA) is 84.9 Å². The van der Waals surface area contributed by atoms with Gasteiger partial charge in [0.25, 0.3) is 0 Å². The Hall–Kier alpha value is -2.08. The SMILES string of the molecule is CCOC(=O)CCNCCOc1ccccc1C(=O)O.